The number of amides is 1. The molecule has 2 aromatic heterocycles. The van der Waals surface area contributed by atoms with Gasteiger partial charge in [-0.25, -0.2) is 22.9 Å². The fourth-order valence-electron chi connectivity index (χ4n) is 6.34. The number of H-pyrrole nitrogens is 1. The van der Waals surface area contributed by atoms with Gasteiger partial charge in [-0.1, -0.05) is 31.2 Å². The predicted octanol–water partition coefficient (Wildman–Crippen LogP) is 2.77. The highest BCUT2D eigenvalue weighted by Gasteiger charge is 2.63. The zero-order chi connectivity index (χ0) is 32.1. The number of alkyl halides is 2. The van der Waals surface area contributed by atoms with Gasteiger partial charge < -0.3 is 15.0 Å². The average molecular weight is 644 g/mol. The Hall–Kier alpha value is -4.18. The third kappa shape index (κ3) is 5.60. The third-order valence-corrected chi connectivity index (χ3v) is 9.25. The number of benzene rings is 1. The molecule has 3 unspecified atom stereocenters. The van der Waals surface area contributed by atoms with E-state index in [2.05, 4.69) is 30.9 Å². The highest BCUT2D eigenvalue weighted by atomic mass is 32.1. The monoisotopic (exact) mass is 643 g/mol. The van der Waals surface area contributed by atoms with Crippen LogP contribution in [-0.4, -0.2) is 97.9 Å². The molecule has 0 radical (unpaired) electrons. The van der Waals surface area contributed by atoms with Gasteiger partial charge in [0.15, 0.2) is 16.7 Å². The summed E-state index contributed by atoms with van der Waals surface area (Å²) >= 11 is 1.30. The van der Waals surface area contributed by atoms with E-state index in [1.54, 1.807) is 31.5 Å². The number of rotatable bonds is 9. The Morgan fingerprint density at radius 2 is 2.09 bits per heavy atom. The van der Waals surface area contributed by atoms with Gasteiger partial charge in [0.05, 0.1) is 18.7 Å². The third-order valence-electron chi connectivity index (χ3n) is 8.47. The van der Waals surface area contributed by atoms with Gasteiger partial charge >= 0.3 is 5.97 Å². The van der Waals surface area contributed by atoms with E-state index in [-0.39, 0.29) is 37.5 Å². The lowest BCUT2D eigenvalue weighted by Crippen LogP contribution is -2.45. The minimum Gasteiger partial charge on any atom is -0.463 e. The topological polar surface area (TPSA) is 142 Å². The van der Waals surface area contributed by atoms with Gasteiger partial charge in [0, 0.05) is 48.4 Å². The van der Waals surface area contributed by atoms with E-state index in [9.17, 15) is 14.0 Å². The molecule has 16 heteroatoms. The molecule has 2 N–H and O–H groups in total. The summed E-state index contributed by atoms with van der Waals surface area (Å²) in [5, 5.41) is 19.4. The first-order valence-corrected chi connectivity index (χ1v) is 15.3. The lowest BCUT2D eigenvalue weighted by Gasteiger charge is -2.32. The molecule has 0 saturated carbocycles. The molecule has 238 valence electrons. The van der Waals surface area contributed by atoms with E-state index in [4.69, 9.17) is 9.73 Å². The number of nitrogens with one attached hydrogen (secondary N) is 2. The summed E-state index contributed by atoms with van der Waals surface area (Å²) in [5.41, 5.74) is 0.332. The number of carbonyl (C=O) groups excluding carboxylic acids is 2. The molecule has 0 bridgehead atoms. The van der Waals surface area contributed by atoms with Crippen molar-refractivity contribution in [2.24, 2.45) is 10.9 Å². The molecule has 2 saturated heterocycles. The van der Waals surface area contributed by atoms with Crippen molar-refractivity contribution in [1.29, 1.82) is 0 Å². The number of carbonyl (C=O) groups is 2. The van der Waals surface area contributed by atoms with E-state index in [1.807, 2.05) is 13.8 Å². The number of aromatic nitrogens is 5. The molecular formula is C29H32F3N9O3S. The first-order chi connectivity index (χ1) is 21.4. The zero-order valence-electron chi connectivity index (χ0n) is 25.1. The summed E-state index contributed by atoms with van der Waals surface area (Å²) in [4.78, 5) is 39.0. The number of ether oxygens (including phenoxy) is 1. The van der Waals surface area contributed by atoms with Gasteiger partial charge in [0.1, 0.15) is 17.8 Å². The molecule has 0 spiro atoms. The summed E-state index contributed by atoms with van der Waals surface area (Å²) in [7, 11) is 0. The number of thiazole rings is 1. The molecule has 1 amide bonds. The normalized spacial score (nSPS) is 23.3. The van der Waals surface area contributed by atoms with Gasteiger partial charge in [-0.15, -0.1) is 21.5 Å². The number of esters is 1. The fraction of sp³-hybridized carbons (Fsp3) is 0.483. The highest BCUT2D eigenvalue weighted by molar-refractivity contribution is 7.11. The lowest BCUT2D eigenvalue weighted by molar-refractivity contribution is -0.141. The van der Waals surface area contributed by atoms with Gasteiger partial charge in [-0.2, -0.15) is 5.21 Å². The van der Waals surface area contributed by atoms with E-state index < -0.39 is 53.6 Å². The van der Waals surface area contributed by atoms with Gasteiger partial charge in [-0.05, 0) is 31.0 Å². The summed E-state index contributed by atoms with van der Waals surface area (Å²) in [6.45, 7) is 6.24. The second-order valence-electron chi connectivity index (χ2n) is 12.0. The fourth-order valence-corrected chi connectivity index (χ4v) is 6.92. The highest BCUT2D eigenvalue weighted by Crippen LogP contribution is 2.45. The van der Waals surface area contributed by atoms with Crippen LogP contribution in [0.2, 0.25) is 0 Å². The Morgan fingerprint density at radius 1 is 1.29 bits per heavy atom. The molecule has 3 atom stereocenters. The summed E-state index contributed by atoms with van der Waals surface area (Å²) < 4.78 is 51.4. The van der Waals surface area contributed by atoms with Crippen LogP contribution in [0.4, 0.5) is 13.2 Å². The number of amidine groups is 1. The van der Waals surface area contributed by atoms with Crippen LogP contribution >= 0.6 is 11.3 Å². The lowest BCUT2D eigenvalue weighted by atomic mass is 9.92. The summed E-state index contributed by atoms with van der Waals surface area (Å²) in [5.74, 6) is -6.05. The van der Waals surface area contributed by atoms with Crippen LogP contribution in [-0.2, 0) is 19.7 Å². The van der Waals surface area contributed by atoms with Crippen LogP contribution in [0.15, 0.2) is 46.0 Å². The smallest absolute Gasteiger partial charge is 0.338 e. The van der Waals surface area contributed by atoms with Crippen molar-refractivity contribution < 1.29 is 27.5 Å². The SMILES string of the molecule is CCOC(=O)C1=C(CN2CC(F)(F)C3C(=O)N(CC(C)(C)c4nn[nH]n4)CC32)NC(c2nccs2)=NC1c1cccc(F)c1C. The van der Waals surface area contributed by atoms with Gasteiger partial charge in [0.25, 0.3) is 5.92 Å². The summed E-state index contributed by atoms with van der Waals surface area (Å²) in [6, 6.07) is 2.68. The molecule has 12 nitrogen and oxygen atoms in total. The molecule has 3 aliphatic heterocycles. The minimum absolute atomic E-state index is 0.0439. The van der Waals surface area contributed by atoms with Crippen LogP contribution in [0.5, 0.6) is 0 Å². The van der Waals surface area contributed by atoms with Crippen LogP contribution in [0.1, 0.15) is 48.8 Å². The molecule has 3 aromatic rings. The quantitative estimate of drug-likeness (QED) is 0.337. The first kappa shape index (κ1) is 30.8. The van der Waals surface area contributed by atoms with Gasteiger partial charge in [-0.3, -0.25) is 14.7 Å². The summed E-state index contributed by atoms with van der Waals surface area (Å²) in [6.07, 6.45) is 1.59. The first-order valence-electron chi connectivity index (χ1n) is 14.5. The minimum atomic E-state index is -3.32. The van der Waals surface area contributed by atoms with Crippen molar-refractivity contribution in [2.75, 3.05) is 32.8 Å². The maximum absolute atomic E-state index is 15.6. The number of halogens is 3. The van der Waals surface area contributed by atoms with Crippen molar-refractivity contribution in [3.05, 3.63) is 68.8 Å². The van der Waals surface area contributed by atoms with Crippen molar-refractivity contribution in [1.82, 2.24) is 40.7 Å². The standard InChI is InChI=1S/C29H32F3N9O3S/c1-5-44-26(43)20-18(34-23(24-33-9-10-45-24)35-22(20)16-7-6-8-17(30)15(16)2)11-40-14-29(31,32)21-19(40)12-41(25(21)42)13-28(3,4)27-36-38-39-37-27/h6-10,19,21-22H,5,11-14H2,1-4H3,(H,34,35)(H,36,37,38,39). The number of fused-ring (bicyclic) bond motifs is 1. The van der Waals surface area contributed by atoms with E-state index in [1.165, 1.54) is 33.3 Å². The molecule has 5 heterocycles. The molecular weight excluding hydrogens is 611 g/mol. The number of aromatic amines is 1. The Kier molecular flexibility index (Phi) is 7.97. The zero-order valence-corrected chi connectivity index (χ0v) is 25.9. The molecule has 2 fully saturated rings. The predicted molar refractivity (Wildman–Crippen MR) is 157 cm³/mol. The van der Waals surface area contributed by atoms with E-state index in [0.29, 0.717) is 27.8 Å². The van der Waals surface area contributed by atoms with Crippen molar-refractivity contribution in [2.45, 2.75) is 51.1 Å². The molecule has 45 heavy (non-hydrogen) atoms. The average Bonchev–Trinajstić information content (AvgIpc) is 3.79. The number of likely N-dealkylation sites (tertiary alicyclic amines) is 2. The van der Waals surface area contributed by atoms with Crippen LogP contribution in [0.3, 0.4) is 0 Å². The number of nitrogens with zero attached hydrogens (tertiary/aromatic N) is 7. The molecule has 6 rings (SSSR count). The van der Waals surface area contributed by atoms with Gasteiger partial charge in [0.2, 0.25) is 5.91 Å². The van der Waals surface area contributed by atoms with Crippen LogP contribution in [0.25, 0.3) is 0 Å². The van der Waals surface area contributed by atoms with Crippen molar-refractivity contribution in [3.8, 4) is 0 Å². The van der Waals surface area contributed by atoms with Crippen LogP contribution < -0.4 is 5.32 Å². The second-order valence-corrected chi connectivity index (χ2v) is 12.9. The van der Waals surface area contributed by atoms with Crippen molar-refractivity contribution in [3.63, 3.8) is 0 Å². The van der Waals surface area contributed by atoms with E-state index in [0.717, 1.165) is 0 Å². The number of hydrogen-bond donors (Lipinski definition) is 2. The van der Waals surface area contributed by atoms with E-state index >= 15 is 8.78 Å². The van der Waals surface area contributed by atoms with Crippen molar-refractivity contribution >= 4 is 29.0 Å². The number of tetrazole rings is 1. The molecule has 1 aromatic carbocycles. The number of hydrogen-bond acceptors (Lipinski definition) is 11. The maximum atomic E-state index is 15.6. The molecule has 3 aliphatic rings. The Balaban J connectivity index is 1.38. The Bertz CT molecular complexity index is 1660. The molecule has 0 aliphatic carbocycles. The van der Waals surface area contributed by atoms with Crippen LogP contribution in [0, 0.1) is 18.7 Å². The Morgan fingerprint density at radius 3 is 2.78 bits per heavy atom. The Labute approximate surface area is 260 Å². The second kappa shape index (κ2) is 11.6. The maximum Gasteiger partial charge on any atom is 0.338 e. The largest absolute Gasteiger partial charge is 0.463 e. The number of aliphatic imine (C=N–C) groups is 1.